The molecular formula is C15H15FN2O2. The lowest BCUT2D eigenvalue weighted by atomic mass is 9.94. The Morgan fingerprint density at radius 1 is 1.30 bits per heavy atom. The average molecular weight is 274 g/mol. The molecule has 5 heteroatoms. The van der Waals surface area contributed by atoms with Crippen LogP contribution < -0.4 is 0 Å². The number of aromatic nitrogens is 2. The van der Waals surface area contributed by atoms with Crippen molar-refractivity contribution in [3.63, 3.8) is 0 Å². The Labute approximate surface area is 116 Å². The number of halogens is 1. The van der Waals surface area contributed by atoms with Gasteiger partial charge in [0.1, 0.15) is 11.7 Å². The number of benzene rings is 1. The van der Waals surface area contributed by atoms with Crippen LogP contribution in [0.1, 0.15) is 28.6 Å². The van der Waals surface area contributed by atoms with E-state index in [4.69, 9.17) is 0 Å². The first-order valence-corrected chi connectivity index (χ1v) is 6.24. The second kappa shape index (κ2) is 5.77. The number of hydrogen-bond acceptors (Lipinski definition) is 3. The predicted molar refractivity (Wildman–Crippen MR) is 72.0 cm³/mol. The Bertz CT molecular complexity index is 626. The van der Waals surface area contributed by atoms with E-state index in [2.05, 4.69) is 9.97 Å². The molecule has 0 bridgehead atoms. The van der Waals surface area contributed by atoms with E-state index in [-0.39, 0.29) is 12.2 Å². The van der Waals surface area contributed by atoms with E-state index in [0.717, 1.165) is 5.56 Å². The lowest BCUT2D eigenvalue weighted by Gasteiger charge is -2.14. The third-order valence-electron chi connectivity index (χ3n) is 3.09. The van der Waals surface area contributed by atoms with Crippen LogP contribution in [0.3, 0.4) is 0 Å². The summed E-state index contributed by atoms with van der Waals surface area (Å²) in [5.74, 6) is -2.09. The van der Waals surface area contributed by atoms with Crippen LogP contribution in [0.2, 0.25) is 0 Å². The van der Waals surface area contributed by atoms with E-state index in [1.54, 1.807) is 32.2 Å². The van der Waals surface area contributed by atoms with Crippen molar-refractivity contribution in [2.45, 2.75) is 26.2 Å². The summed E-state index contributed by atoms with van der Waals surface area (Å²) in [6, 6.07) is 5.82. The van der Waals surface area contributed by atoms with Crippen LogP contribution >= 0.6 is 0 Å². The summed E-state index contributed by atoms with van der Waals surface area (Å²) in [6.07, 6.45) is 1.87. The van der Waals surface area contributed by atoms with Gasteiger partial charge in [0.2, 0.25) is 0 Å². The number of rotatable bonds is 4. The lowest BCUT2D eigenvalue weighted by Crippen LogP contribution is -2.18. The molecule has 4 nitrogen and oxygen atoms in total. The number of aliphatic carboxylic acids is 1. The minimum absolute atomic E-state index is 0.259. The standard InChI is InChI=1S/C15H15FN2O2/c1-9-8-17-10(2)14(18-9)13(15(19)20)7-11-3-5-12(16)6-4-11/h3-6,8,13H,7H2,1-2H3,(H,19,20). The molecule has 1 atom stereocenters. The lowest BCUT2D eigenvalue weighted by molar-refractivity contribution is -0.138. The van der Waals surface area contributed by atoms with Gasteiger partial charge < -0.3 is 5.11 Å². The monoisotopic (exact) mass is 274 g/mol. The topological polar surface area (TPSA) is 63.1 Å². The van der Waals surface area contributed by atoms with Crippen LogP contribution in [-0.4, -0.2) is 21.0 Å². The molecule has 1 aromatic carbocycles. The second-order valence-corrected chi connectivity index (χ2v) is 4.70. The Hall–Kier alpha value is -2.30. The molecule has 0 spiro atoms. The summed E-state index contributed by atoms with van der Waals surface area (Å²) in [6.45, 7) is 3.51. The summed E-state index contributed by atoms with van der Waals surface area (Å²) < 4.78 is 12.9. The number of nitrogens with zero attached hydrogens (tertiary/aromatic N) is 2. The molecule has 0 radical (unpaired) electrons. The predicted octanol–water partition coefficient (Wildman–Crippen LogP) is 2.64. The van der Waals surface area contributed by atoms with E-state index in [1.807, 2.05) is 0 Å². The molecule has 0 amide bonds. The van der Waals surface area contributed by atoms with Crippen molar-refractivity contribution in [2.24, 2.45) is 0 Å². The van der Waals surface area contributed by atoms with Gasteiger partial charge in [-0.3, -0.25) is 14.8 Å². The van der Waals surface area contributed by atoms with Crippen LogP contribution in [-0.2, 0) is 11.2 Å². The Balaban J connectivity index is 2.34. The van der Waals surface area contributed by atoms with Crippen molar-refractivity contribution in [3.8, 4) is 0 Å². The SMILES string of the molecule is Cc1cnc(C)c(C(Cc2ccc(F)cc2)C(=O)O)n1. The van der Waals surface area contributed by atoms with Gasteiger partial charge >= 0.3 is 5.97 Å². The minimum atomic E-state index is -0.961. The molecule has 1 aromatic heterocycles. The van der Waals surface area contributed by atoms with Crippen molar-refractivity contribution in [2.75, 3.05) is 0 Å². The van der Waals surface area contributed by atoms with Crippen molar-refractivity contribution in [1.29, 1.82) is 0 Å². The average Bonchev–Trinajstić information content (AvgIpc) is 2.41. The van der Waals surface area contributed by atoms with Crippen LogP contribution in [0.5, 0.6) is 0 Å². The molecular weight excluding hydrogens is 259 g/mol. The summed E-state index contributed by atoms with van der Waals surface area (Å²) in [5.41, 5.74) is 2.49. The molecule has 1 unspecified atom stereocenters. The van der Waals surface area contributed by atoms with E-state index in [1.165, 1.54) is 12.1 Å². The van der Waals surface area contributed by atoms with E-state index in [0.29, 0.717) is 17.1 Å². The van der Waals surface area contributed by atoms with E-state index >= 15 is 0 Å². The zero-order valence-electron chi connectivity index (χ0n) is 11.3. The molecule has 0 aliphatic carbocycles. The second-order valence-electron chi connectivity index (χ2n) is 4.70. The Morgan fingerprint density at radius 3 is 2.55 bits per heavy atom. The molecule has 0 saturated carbocycles. The highest BCUT2D eigenvalue weighted by molar-refractivity contribution is 5.76. The molecule has 1 N–H and O–H groups in total. The molecule has 0 fully saturated rings. The molecule has 0 saturated heterocycles. The number of carboxylic acids is 1. The van der Waals surface area contributed by atoms with Gasteiger partial charge in [-0.1, -0.05) is 12.1 Å². The highest BCUT2D eigenvalue weighted by atomic mass is 19.1. The molecule has 2 aromatic rings. The first-order valence-electron chi connectivity index (χ1n) is 6.24. The molecule has 104 valence electrons. The van der Waals surface area contributed by atoms with Gasteiger partial charge in [-0.2, -0.15) is 0 Å². The maximum absolute atomic E-state index is 12.9. The van der Waals surface area contributed by atoms with Crippen LogP contribution in [0.15, 0.2) is 30.5 Å². The highest BCUT2D eigenvalue weighted by Gasteiger charge is 2.24. The molecule has 0 aliphatic heterocycles. The number of carboxylic acid groups (broad SMARTS) is 1. The number of aryl methyl sites for hydroxylation is 2. The normalized spacial score (nSPS) is 12.2. The van der Waals surface area contributed by atoms with Gasteiger partial charge in [0.15, 0.2) is 0 Å². The van der Waals surface area contributed by atoms with Gasteiger partial charge in [-0.15, -0.1) is 0 Å². The van der Waals surface area contributed by atoms with Crippen molar-refractivity contribution in [3.05, 3.63) is 58.9 Å². The number of hydrogen-bond donors (Lipinski definition) is 1. The Kier molecular flexibility index (Phi) is 4.08. The van der Waals surface area contributed by atoms with Crippen molar-refractivity contribution < 1.29 is 14.3 Å². The summed E-state index contributed by atoms with van der Waals surface area (Å²) in [5, 5.41) is 9.42. The summed E-state index contributed by atoms with van der Waals surface area (Å²) >= 11 is 0. The van der Waals surface area contributed by atoms with Gasteiger partial charge in [0, 0.05) is 6.20 Å². The fourth-order valence-corrected chi connectivity index (χ4v) is 2.04. The van der Waals surface area contributed by atoms with Gasteiger partial charge in [0.05, 0.1) is 17.1 Å². The molecule has 2 rings (SSSR count). The fraction of sp³-hybridized carbons (Fsp3) is 0.267. The third-order valence-corrected chi connectivity index (χ3v) is 3.09. The van der Waals surface area contributed by atoms with Gasteiger partial charge in [-0.05, 0) is 38.0 Å². The summed E-state index contributed by atoms with van der Waals surface area (Å²) in [4.78, 5) is 19.9. The van der Waals surface area contributed by atoms with Crippen molar-refractivity contribution in [1.82, 2.24) is 9.97 Å². The smallest absolute Gasteiger partial charge is 0.313 e. The number of carbonyl (C=O) groups is 1. The quantitative estimate of drug-likeness (QED) is 0.931. The largest absolute Gasteiger partial charge is 0.481 e. The summed E-state index contributed by atoms with van der Waals surface area (Å²) in [7, 11) is 0. The first-order chi connectivity index (χ1) is 9.47. The molecule has 1 heterocycles. The molecule has 20 heavy (non-hydrogen) atoms. The zero-order chi connectivity index (χ0) is 14.7. The van der Waals surface area contributed by atoms with Gasteiger partial charge in [-0.25, -0.2) is 4.39 Å². The maximum Gasteiger partial charge on any atom is 0.313 e. The van der Waals surface area contributed by atoms with Crippen LogP contribution in [0, 0.1) is 19.7 Å². The minimum Gasteiger partial charge on any atom is -0.481 e. The van der Waals surface area contributed by atoms with E-state index < -0.39 is 11.9 Å². The van der Waals surface area contributed by atoms with E-state index in [9.17, 15) is 14.3 Å². The zero-order valence-corrected chi connectivity index (χ0v) is 11.3. The van der Waals surface area contributed by atoms with Gasteiger partial charge in [0.25, 0.3) is 0 Å². The molecule has 0 aliphatic rings. The Morgan fingerprint density at radius 2 is 1.95 bits per heavy atom. The first kappa shape index (κ1) is 14.1. The van der Waals surface area contributed by atoms with Crippen LogP contribution in [0.4, 0.5) is 4.39 Å². The maximum atomic E-state index is 12.9. The van der Waals surface area contributed by atoms with Crippen LogP contribution in [0.25, 0.3) is 0 Å². The third kappa shape index (κ3) is 3.17. The highest BCUT2D eigenvalue weighted by Crippen LogP contribution is 2.22. The van der Waals surface area contributed by atoms with Crippen molar-refractivity contribution >= 4 is 5.97 Å². The fourth-order valence-electron chi connectivity index (χ4n) is 2.04.